The minimum atomic E-state index is 0.535. The molecule has 2 aliphatic rings. The van der Waals surface area contributed by atoms with E-state index in [1.54, 1.807) is 7.11 Å². The van der Waals surface area contributed by atoms with E-state index in [4.69, 9.17) is 10.5 Å². The van der Waals surface area contributed by atoms with Crippen molar-refractivity contribution in [2.24, 2.45) is 5.73 Å². The lowest BCUT2D eigenvalue weighted by Crippen LogP contribution is -2.49. The molecule has 1 atom stereocenters. The van der Waals surface area contributed by atoms with Gasteiger partial charge in [0.15, 0.2) is 0 Å². The van der Waals surface area contributed by atoms with Crippen LogP contribution in [0.2, 0.25) is 0 Å². The van der Waals surface area contributed by atoms with Crippen molar-refractivity contribution in [3.8, 4) is 5.75 Å². The molecule has 0 aliphatic carbocycles. The summed E-state index contributed by atoms with van der Waals surface area (Å²) in [6.45, 7) is 6.49. The number of benzene rings is 1. The van der Waals surface area contributed by atoms with Crippen LogP contribution in [0, 0.1) is 0 Å². The van der Waals surface area contributed by atoms with Crippen molar-refractivity contribution in [3.63, 3.8) is 0 Å². The predicted octanol–water partition coefficient (Wildman–Crippen LogP) is 1.43. The van der Waals surface area contributed by atoms with Gasteiger partial charge in [-0.25, -0.2) is 0 Å². The molecule has 0 amide bonds. The lowest BCUT2D eigenvalue weighted by molar-refractivity contribution is 0.0993. The van der Waals surface area contributed by atoms with Crippen molar-refractivity contribution in [2.75, 3.05) is 33.3 Å². The average molecular weight is 275 g/mol. The minimum Gasteiger partial charge on any atom is -0.496 e. The van der Waals surface area contributed by atoms with Crippen LogP contribution in [-0.2, 0) is 13.1 Å². The summed E-state index contributed by atoms with van der Waals surface area (Å²) in [4.78, 5) is 5.23. The average Bonchev–Trinajstić information content (AvgIpc) is 2.94. The van der Waals surface area contributed by atoms with Crippen LogP contribution in [-0.4, -0.2) is 49.1 Å². The Hall–Kier alpha value is -1.10. The van der Waals surface area contributed by atoms with E-state index >= 15 is 0 Å². The molecule has 0 radical (unpaired) electrons. The largest absolute Gasteiger partial charge is 0.496 e. The molecule has 0 aromatic heterocycles. The van der Waals surface area contributed by atoms with Gasteiger partial charge in [0, 0.05) is 44.3 Å². The second-order valence-electron chi connectivity index (χ2n) is 5.92. The Bertz CT molecular complexity index is 463. The molecule has 0 bridgehead atoms. The maximum absolute atomic E-state index is 5.80. The van der Waals surface area contributed by atoms with Gasteiger partial charge in [0.2, 0.25) is 0 Å². The molecule has 1 aromatic rings. The summed E-state index contributed by atoms with van der Waals surface area (Å²) < 4.78 is 5.34. The standard InChI is InChI=1S/C16H25N3O/c1-20-16-5-4-13(9-14(16)10-17)11-18-7-8-19-6-2-3-15(19)12-18/h4-5,9,15H,2-3,6-8,10-12,17H2,1H3. The van der Waals surface area contributed by atoms with Gasteiger partial charge < -0.3 is 10.5 Å². The van der Waals surface area contributed by atoms with Crippen molar-refractivity contribution in [3.05, 3.63) is 29.3 Å². The molecule has 0 spiro atoms. The Labute approximate surface area is 121 Å². The summed E-state index contributed by atoms with van der Waals surface area (Å²) in [5.41, 5.74) is 8.24. The molecule has 1 unspecified atom stereocenters. The number of methoxy groups -OCH3 is 1. The molecule has 2 heterocycles. The summed E-state index contributed by atoms with van der Waals surface area (Å²) in [7, 11) is 1.70. The smallest absolute Gasteiger partial charge is 0.123 e. The van der Waals surface area contributed by atoms with Crippen molar-refractivity contribution >= 4 is 0 Å². The Morgan fingerprint density at radius 1 is 1.30 bits per heavy atom. The molecule has 20 heavy (non-hydrogen) atoms. The van der Waals surface area contributed by atoms with Crippen LogP contribution >= 0.6 is 0 Å². The zero-order valence-electron chi connectivity index (χ0n) is 12.3. The Balaban J connectivity index is 1.65. The summed E-state index contributed by atoms with van der Waals surface area (Å²) in [5.74, 6) is 0.900. The minimum absolute atomic E-state index is 0.535. The molecule has 110 valence electrons. The van der Waals surface area contributed by atoms with Crippen LogP contribution in [0.1, 0.15) is 24.0 Å². The lowest BCUT2D eigenvalue weighted by Gasteiger charge is -2.37. The number of rotatable bonds is 4. The summed E-state index contributed by atoms with van der Waals surface area (Å²) in [6, 6.07) is 7.19. The molecule has 2 N–H and O–H groups in total. The van der Waals surface area contributed by atoms with Crippen LogP contribution in [0.25, 0.3) is 0 Å². The first-order chi connectivity index (χ1) is 9.80. The van der Waals surface area contributed by atoms with Gasteiger partial charge in [0.25, 0.3) is 0 Å². The second-order valence-corrected chi connectivity index (χ2v) is 5.92. The molecule has 1 aromatic carbocycles. The number of ether oxygens (including phenoxy) is 1. The maximum atomic E-state index is 5.80. The van der Waals surface area contributed by atoms with E-state index in [2.05, 4.69) is 21.9 Å². The molecule has 4 nitrogen and oxygen atoms in total. The lowest BCUT2D eigenvalue weighted by atomic mass is 10.1. The summed E-state index contributed by atoms with van der Waals surface area (Å²) in [6.07, 6.45) is 2.74. The number of nitrogens with zero attached hydrogens (tertiary/aromatic N) is 2. The van der Waals surface area contributed by atoms with Crippen LogP contribution in [0.4, 0.5) is 0 Å². The van der Waals surface area contributed by atoms with Gasteiger partial charge in [0.1, 0.15) is 5.75 Å². The first kappa shape index (κ1) is 13.9. The number of piperazine rings is 1. The van der Waals surface area contributed by atoms with Gasteiger partial charge in [0.05, 0.1) is 7.11 Å². The van der Waals surface area contributed by atoms with Gasteiger partial charge >= 0.3 is 0 Å². The fraction of sp³-hybridized carbons (Fsp3) is 0.625. The highest BCUT2D eigenvalue weighted by molar-refractivity contribution is 5.37. The third-order valence-corrected chi connectivity index (χ3v) is 4.64. The van der Waals surface area contributed by atoms with Crippen LogP contribution in [0.5, 0.6) is 5.75 Å². The summed E-state index contributed by atoms with van der Waals surface area (Å²) in [5, 5.41) is 0. The van der Waals surface area contributed by atoms with E-state index in [1.165, 1.54) is 44.6 Å². The quantitative estimate of drug-likeness (QED) is 0.903. The molecular formula is C16H25N3O. The van der Waals surface area contributed by atoms with E-state index in [-0.39, 0.29) is 0 Å². The van der Waals surface area contributed by atoms with Crippen LogP contribution < -0.4 is 10.5 Å². The zero-order valence-corrected chi connectivity index (χ0v) is 12.3. The molecule has 3 rings (SSSR count). The normalized spacial score (nSPS) is 23.8. The van der Waals surface area contributed by atoms with Gasteiger partial charge in [-0.2, -0.15) is 0 Å². The monoisotopic (exact) mass is 275 g/mol. The highest BCUT2D eigenvalue weighted by Crippen LogP contribution is 2.24. The van der Waals surface area contributed by atoms with Gasteiger partial charge in [-0.15, -0.1) is 0 Å². The number of nitrogens with two attached hydrogens (primary N) is 1. The van der Waals surface area contributed by atoms with E-state index in [0.29, 0.717) is 6.54 Å². The molecular weight excluding hydrogens is 250 g/mol. The van der Waals surface area contributed by atoms with E-state index < -0.39 is 0 Å². The van der Waals surface area contributed by atoms with Gasteiger partial charge in [-0.1, -0.05) is 6.07 Å². The number of hydrogen-bond donors (Lipinski definition) is 1. The predicted molar refractivity (Wildman–Crippen MR) is 80.8 cm³/mol. The van der Waals surface area contributed by atoms with Crippen molar-refractivity contribution in [2.45, 2.75) is 32.0 Å². The molecule has 2 aliphatic heterocycles. The Kier molecular flexibility index (Phi) is 4.24. The van der Waals surface area contributed by atoms with Crippen LogP contribution in [0.3, 0.4) is 0 Å². The highest BCUT2D eigenvalue weighted by atomic mass is 16.5. The Morgan fingerprint density at radius 3 is 3.00 bits per heavy atom. The molecule has 2 fully saturated rings. The molecule has 0 saturated carbocycles. The maximum Gasteiger partial charge on any atom is 0.123 e. The fourth-order valence-corrected chi connectivity index (χ4v) is 3.55. The first-order valence-corrected chi connectivity index (χ1v) is 7.62. The van der Waals surface area contributed by atoms with Crippen LogP contribution in [0.15, 0.2) is 18.2 Å². The zero-order chi connectivity index (χ0) is 13.9. The Morgan fingerprint density at radius 2 is 2.20 bits per heavy atom. The fourth-order valence-electron chi connectivity index (χ4n) is 3.55. The first-order valence-electron chi connectivity index (χ1n) is 7.62. The highest BCUT2D eigenvalue weighted by Gasteiger charge is 2.30. The SMILES string of the molecule is COc1ccc(CN2CCN3CCCC3C2)cc1CN. The van der Waals surface area contributed by atoms with Crippen molar-refractivity contribution in [1.29, 1.82) is 0 Å². The molecule has 2 saturated heterocycles. The van der Waals surface area contributed by atoms with E-state index in [9.17, 15) is 0 Å². The third-order valence-electron chi connectivity index (χ3n) is 4.64. The number of fused-ring (bicyclic) bond motifs is 1. The van der Waals surface area contributed by atoms with Crippen molar-refractivity contribution in [1.82, 2.24) is 9.80 Å². The number of hydrogen-bond acceptors (Lipinski definition) is 4. The van der Waals surface area contributed by atoms with Crippen molar-refractivity contribution < 1.29 is 4.74 Å². The van der Waals surface area contributed by atoms with Gasteiger partial charge in [-0.05, 0) is 37.1 Å². The third kappa shape index (κ3) is 2.82. The topological polar surface area (TPSA) is 41.7 Å². The van der Waals surface area contributed by atoms with Gasteiger partial charge in [-0.3, -0.25) is 9.80 Å². The molecule has 4 heteroatoms. The second kappa shape index (κ2) is 6.12. The van der Waals surface area contributed by atoms with E-state index in [1.807, 2.05) is 6.07 Å². The summed E-state index contributed by atoms with van der Waals surface area (Å²) >= 11 is 0. The van der Waals surface area contributed by atoms with E-state index in [0.717, 1.165) is 23.9 Å².